The molecule has 3 atom stereocenters. The maximum absolute atomic E-state index is 13.3. The van der Waals surface area contributed by atoms with E-state index in [1.165, 1.54) is 6.07 Å². The minimum Gasteiger partial charge on any atom is -0.481 e. The summed E-state index contributed by atoms with van der Waals surface area (Å²) in [5.41, 5.74) is 0.629. The van der Waals surface area contributed by atoms with Crippen molar-refractivity contribution in [3.05, 3.63) is 35.4 Å². The third-order valence-corrected chi connectivity index (χ3v) is 4.56. The van der Waals surface area contributed by atoms with Crippen molar-refractivity contribution in [2.45, 2.75) is 25.2 Å². The van der Waals surface area contributed by atoms with Gasteiger partial charge in [-0.25, -0.2) is 8.78 Å². The number of halogens is 2. The smallest absolute Gasteiger partial charge is 0.308 e. The second-order valence-corrected chi connectivity index (χ2v) is 6.08. The Morgan fingerprint density at radius 1 is 1.23 bits per heavy atom. The average Bonchev–Trinajstić information content (AvgIpc) is 3.30. The van der Waals surface area contributed by atoms with E-state index in [-0.39, 0.29) is 24.3 Å². The number of amides is 1. The van der Waals surface area contributed by atoms with Gasteiger partial charge in [-0.3, -0.25) is 9.59 Å². The first-order valence-corrected chi connectivity index (χ1v) is 7.44. The Labute approximate surface area is 126 Å². The topological polar surface area (TPSA) is 57.6 Å². The van der Waals surface area contributed by atoms with Crippen molar-refractivity contribution in [2.24, 2.45) is 11.8 Å². The van der Waals surface area contributed by atoms with Crippen molar-refractivity contribution < 1.29 is 23.5 Å². The predicted molar refractivity (Wildman–Crippen MR) is 74.1 cm³/mol. The molecule has 1 aliphatic carbocycles. The zero-order valence-electron chi connectivity index (χ0n) is 12.0. The number of benzene rings is 1. The Morgan fingerprint density at radius 2 is 2.00 bits per heavy atom. The number of likely N-dealkylation sites (tertiary alicyclic amines) is 1. The molecule has 118 valence electrons. The first-order valence-electron chi connectivity index (χ1n) is 7.44. The van der Waals surface area contributed by atoms with Gasteiger partial charge in [0.25, 0.3) is 0 Å². The standard InChI is InChI=1S/C16H17F2NO3/c17-13-4-3-9(6-14(13)18)11-7-12(11)15(20)19-5-1-2-10(8-19)16(21)22/h3-4,6,10-12H,1-2,5,7-8H2,(H,21,22)/t10-,11+,12+/m0/s1. The van der Waals surface area contributed by atoms with Crippen LogP contribution >= 0.6 is 0 Å². The Morgan fingerprint density at radius 3 is 2.68 bits per heavy atom. The summed E-state index contributed by atoms with van der Waals surface area (Å²) in [6, 6.07) is 3.72. The number of hydrogen-bond acceptors (Lipinski definition) is 2. The van der Waals surface area contributed by atoms with E-state index in [1.54, 1.807) is 4.90 Å². The van der Waals surface area contributed by atoms with Gasteiger partial charge in [-0.05, 0) is 42.9 Å². The molecule has 2 fully saturated rings. The number of hydrogen-bond donors (Lipinski definition) is 1. The predicted octanol–water partition coefficient (Wildman–Crippen LogP) is 2.39. The highest BCUT2D eigenvalue weighted by Gasteiger charge is 2.46. The minimum absolute atomic E-state index is 0.0688. The van der Waals surface area contributed by atoms with Crippen molar-refractivity contribution in [3.63, 3.8) is 0 Å². The SMILES string of the molecule is O=C(O)[C@H]1CCCN(C(=O)[C@@H]2C[C@@H]2c2ccc(F)c(F)c2)C1. The van der Waals surface area contributed by atoms with Crippen LogP contribution in [0.2, 0.25) is 0 Å². The Bertz CT molecular complexity index is 619. The fraction of sp³-hybridized carbons (Fsp3) is 0.500. The van der Waals surface area contributed by atoms with Crippen LogP contribution in [0.3, 0.4) is 0 Å². The maximum Gasteiger partial charge on any atom is 0.308 e. The molecule has 1 aliphatic heterocycles. The number of aliphatic carboxylic acids is 1. The number of carbonyl (C=O) groups excluding carboxylic acids is 1. The quantitative estimate of drug-likeness (QED) is 0.932. The zero-order chi connectivity index (χ0) is 15.9. The van der Waals surface area contributed by atoms with Gasteiger partial charge in [0.1, 0.15) is 0 Å². The van der Waals surface area contributed by atoms with Crippen molar-refractivity contribution >= 4 is 11.9 Å². The lowest BCUT2D eigenvalue weighted by atomic mass is 9.97. The molecule has 0 radical (unpaired) electrons. The summed E-state index contributed by atoms with van der Waals surface area (Å²) < 4.78 is 26.2. The normalized spacial score (nSPS) is 27.5. The second kappa shape index (κ2) is 5.66. The average molecular weight is 309 g/mol. The van der Waals surface area contributed by atoms with Crippen LogP contribution < -0.4 is 0 Å². The van der Waals surface area contributed by atoms with Crippen molar-refractivity contribution in [1.29, 1.82) is 0 Å². The van der Waals surface area contributed by atoms with Gasteiger partial charge in [0.05, 0.1) is 5.92 Å². The van der Waals surface area contributed by atoms with Gasteiger partial charge < -0.3 is 10.0 Å². The largest absolute Gasteiger partial charge is 0.481 e. The Balaban J connectivity index is 1.65. The number of carboxylic acid groups (broad SMARTS) is 1. The van der Waals surface area contributed by atoms with Crippen LogP contribution in [-0.4, -0.2) is 35.0 Å². The van der Waals surface area contributed by atoms with Gasteiger partial charge in [0, 0.05) is 19.0 Å². The van der Waals surface area contributed by atoms with Crippen molar-refractivity contribution in [1.82, 2.24) is 4.90 Å². The molecule has 0 bridgehead atoms. The Hall–Kier alpha value is -1.98. The summed E-state index contributed by atoms with van der Waals surface area (Å²) in [5.74, 6) is -3.57. The molecule has 22 heavy (non-hydrogen) atoms. The summed E-state index contributed by atoms with van der Waals surface area (Å²) in [4.78, 5) is 25.1. The molecule has 1 saturated carbocycles. The lowest BCUT2D eigenvalue weighted by Crippen LogP contribution is -2.43. The molecular formula is C16H17F2NO3. The monoisotopic (exact) mass is 309 g/mol. The maximum atomic E-state index is 13.3. The molecule has 0 unspecified atom stereocenters. The fourth-order valence-corrected chi connectivity index (χ4v) is 3.19. The van der Waals surface area contributed by atoms with E-state index in [0.717, 1.165) is 12.1 Å². The van der Waals surface area contributed by atoms with Gasteiger partial charge in [-0.2, -0.15) is 0 Å². The Kier molecular flexibility index (Phi) is 3.85. The first-order chi connectivity index (χ1) is 10.5. The molecule has 1 aromatic rings. The highest BCUT2D eigenvalue weighted by atomic mass is 19.2. The van der Waals surface area contributed by atoms with Crippen LogP contribution in [0.25, 0.3) is 0 Å². The molecule has 0 aromatic heterocycles. The third kappa shape index (κ3) is 2.82. The van der Waals surface area contributed by atoms with Crippen LogP contribution in [0.1, 0.15) is 30.7 Å². The number of carbonyl (C=O) groups is 2. The third-order valence-electron chi connectivity index (χ3n) is 4.56. The molecule has 4 nitrogen and oxygen atoms in total. The van der Waals surface area contributed by atoms with Crippen LogP contribution in [0, 0.1) is 23.5 Å². The summed E-state index contributed by atoms with van der Waals surface area (Å²) in [5, 5.41) is 9.06. The van der Waals surface area contributed by atoms with Gasteiger partial charge in [-0.15, -0.1) is 0 Å². The molecule has 3 rings (SSSR count). The molecule has 0 spiro atoms. The number of piperidine rings is 1. The van der Waals surface area contributed by atoms with Crippen molar-refractivity contribution in [3.8, 4) is 0 Å². The number of carboxylic acids is 1. The van der Waals surface area contributed by atoms with E-state index in [2.05, 4.69) is 0 Å². The molecule has 1 amide bonds. The second-order valence-electron chi connectivity index (χ2n) is 6.08. The van der Waals surface area contributed by atoms with Crippen LogP contribution in [0.4, 0.5) is 8.78 Å². The summed E-state index contributed by atoms with van der Waals surface area (Å²) in [6.07, 6.45) is 1.89. The highest BCUT2D eigenvalue weighted by Crippen LogP contribution is 2.49. The van der Waals surface area contributed by atoms with Gasteiger partial charge in [-0.1, -0.05) is 6.07 Å². The van der Waals surface area contributed by atoms with Gasteiger partial charge in [0.15, 0.2) is 11.6 Å². The minimum atomic E-state index is -0.903. The van der Waals surface area contributed by atoms with E-state index in [4.69, 9.17) is 5.11 Å². The van der Waals surface area contributed by atoms with Gasteiger partial charge >= 0.3 is 5.97 Å². The summed E-state index contributed by atoms with van der Waals surface area (Å²) >= 11 is 0. The summed E-state index contributed by atoms with van der Waals surface area (Å²) in [7, 11) is 0. The molecule has 1 N–H and O–H groups in total. The number of rotatable bonds is 3. The van der Waals surface area contributed by atoms with E-state index in [9.17, 15) is 18.4 Å². The lowest BCUT2D eigenvalue weighted by molar-refractivity contribution is -0.146. The molecular weight excluding hydrogens is 292 g/mol. The molecule has 2 aliphatic rings. The van der Waals surface area contributed by atoms with E-state index >= 15 is 0 Å². The molecule has 1 heterocycles. The van der Waals surface area contributed by atoms with Crippen LogP contribution in [-0.2, 0) is 9.59 Å². The van der Waals surface area contributed by atoms with Crippen LogP contribution in [0.15, 0.2) is 18.2 Å². The lowest BCUT2D eigenvalue weighted by Gasteiger charge is -2.31. The van der Waals surface area contributed by atoms with Crippen molar-refractivity contribution in [2.75, 3.05) is 13.1 Å². The summed E-state index contributed by atoms with van der Waals surface area (Å²) in [6.45, 7) is 0.818. The molecule has 1 saturated heterocycles. The first kappa shape index (κ1) is 14.9. The molecule has 6 heteroatoms. The zero-order valence-corrected chi connectivity index (χ0v) is 12.0. The molecule has 1 aromatic carbocycles. The fourth-order valence-electron chi connectivity index (χ4n) is 3.19. The van der Waals surface area contributed by atoms with Gasteiger partial charge in [0.2, 0.25) is 5.91 Å². The van der Waals surface area contributed by atoms with E-state index in [1.807, 2.05) is 0 Å². The van der Waals surface area contributed by atoms with E-state index in [0.29, 0.717) is 31.4 Å². The number of nitrogens with zero attached hydrogens (tertiary/aromatic N) is 1. The van der Waals surface area contributed by atoms with Crippen LogP contribution in [0.5, 0.6) is 0 Å². The van der Waals surface area contributed by atoms with E-state index < -0.39 is 23.5 Å². The highest BCUT2D eigenvalue weighted by molar-refractivity contribution is 5.84.